The summed E-state index contributed by atoms with van der Waals surface area (Å²) in [7, 11) is 1.75. The molecule has 0 bridgehead atoms. The van der Waals surface area contributed by atoms with E-state index in [0.29, 0.717) is 12.2 Å². The zero-order valence-electron chi connectivity index (χ0n) is 15.0. The summed E-state index contributed by atoms with van der Waals surface area (Å²) < 4.78 is 5.81. The van der Waals surface area contributed by atoms with Crippen molar-refractivity contribution in [2.75, 3.05) is 13.7 Å². The van der Waals surface area contributed by atoms with E-state index in [1.54, 1.807) is 13.2 Å². The Bertz CT molecular complexity index is 570. The number of primary amides is 1. The fraction of sp³-hybridized carbons (Fsp3) is 0.632. The van der Waals surface area contributed by atoms with Crippen LogP contribution in [0.2, 0.25) is 0 Å². The Kier molecular flexibility index (Phi) is 6.24. The molecule has 0 fully saturated rings. The maximum atomic E-state index is 11.0. The second kappa shape index (κ2) is 7.99. The summed E-state index contributed by atoms with van der Waals surface area (Å²) in [6, 6.07) is 5.81. The van der Waals surface area contributed by atoms with Crippen LogP contribution in [0.5, 0.6) is 5.75 Å². The van der Waals surface area contributed by atoms with Crippen LogP contribution in [-0.2, 0) is 21.4 Å². The highest BCUT2D eigenvalue weighted by Gasteiger charge is 2.46. The number of aromatic hydroxyl groups is 1. The van der Waals surface area contributed by atoms with Gasteiger partial charge in [0.1, 0.15) is 5.75 Å². The van der Waals surface area contributed by atoms with E-state index in [0.717, 1.165) is 32.2 Å². The molecule has 2 atom stereocenters. The number of hydrogen-bond acceptors (Lipinski definition) is 4. The number of nitrogens with one attached hydrogen (secondary N) is 1. The van der Waals surface area contributed by atoms with E-state index in [-0.39, 0.29) is 23.5 Å². The third kappa shape index (κ3) is 3.57. The van der Waals surface area contributed by atoms with Crippen LogP contribution in [0, 0.1) is 0 Å². The summed E-state index contributed by atoms with van der Waals surface area (Å²) in [5.41, 5.74) is 7.60. The Morgan fingerprint density at radius 3 is 2.71 bits per heavy atom. The molecule has 0 aliphatic heterocycles. The van der Waals surface area contributed by atoms with Crippen LogP contribution in [0.1, 0.15) is 50.7 Å². The molecule has 1 aliphatic rings. The van der Waals surface area contributed by atoms with Crippen molar-refractivity contribution in [1.82, 2.24) is 5.32 Å². The summed E-state index contributed by atoms with van der Waals surface area (Å²) in [5, 5.41) is 13.6. The molecule has 134 valence electrons. The van der Waals surface area contributed by atoms with Crippen molar-refractivity contribution in [1.29, 1.82) is 0 Å². The first-order valence-electron chi connectivity index (χ1n) is 8.85. The smallest absolute Gasteiger partial charge is 0.217 e. The monoisotopic (exact) mass is 334 g/mol. The average molecular weight is 334 g/mol. The zero-order chi connectivity index (χ0) is 17.7. The van der Waals surface area contributed by atoms with Gasteiger partial charge in [0.2, 0.25) is 5.91 Å². The predicted octanol–water partition coefficient (Wildman–Crippen LogP) is 2.24. The number of amides is 1. The molecule has 2 rings (SSSR count). The van der Waals surface area contributed by atoms with Gasteiger partial charge in [-0.3, -0.25) is 4.79 Å². The Balaban J connectivity index is 2.32. The van der Waals surface area contributed by atoms with E-state index >= 15 is 0 Å². The van der Waals surface area contributed by atoms with Crippen molar-refractivity contribution < 1.29 is 14.6 Å². The number of nitrogens with two attached hydrogens (primary N) is 1. The van der Waals surface area contributed by atoms with Crippen LogP contribution < -0.4 is 11.1 Å². The molecule has 0 heterocycles. The number of benzene rings is 1. The van der Waals surface area contributed by atoms with Crippen LogP contribution in [-0.4, -0.2) is 36.8 Å². The Labute approximate surface area is 144 Å². The minimum atomic E-state index is -0.267. The van der Waals surface area contributed by atoms with Crippen molar-refractivity contribution in [2.24, 2.45) is 5.73 Å². The van der Waals surface area contributed by atoms with Gasteiger partial charge >= 0.3 is 0 Å². The molecule has 24 heavy (non-hydrogen) atoms. The highest BCUT2D eigenvalue weighted by molar-refractivity contribution is 5.73. The summed E-state index contributed by atoms with van der Waals surface area (Å²) >= 11 is 0. The molecular weight excluding hydrogens is 304 g/mol. The maximum absolute atomic E-state index is 11.0. The number of rotatable bonds is 8. The summed E-state index contributed by atoms with van der Waals surface area (Å²) in [4.78, 5) is 11.0. The van der Waals surface area contributed by atoms with Crippen molar-refractivity contribution in [3.63, 3.8) is 0 Å². The molecule has 5 heteroatoms. The minimum absolute atomic E-state index is 0.0653. The average Bonchev–Trinajstić information content (AvgIpc) is 2.57. The largest absolute Gasteiger partial charge is 0.508 e. The first-order valence-corrected chi connectivity index (χ1v) is 8.85. The number of methoxy groups -OCH3 is 1. The molecule has 5 nitrogen and oxygen atoms in total. The van der Waals surface area contributed by atoms with Gasteiger partial charge in [-0.25, -0.2) is 0 Å². The van der Waals surface area contributed by atoms with Gasteiger partial charge < -0.3 is 20.9 Å². The number of carbonyl (C=O) groups excluding carboxylic acids is 1. The fourth-order valence-corrected chi connectivity index (χ4v) is 4.20. The van der Waals surface area contributed by atoms with Gasteiger partial charge in [-0.2, -0.15) is 0 Å². The zero-order valence-corrected chi connectivity index (χ0v) is 15.0. The molecule has 1 amide bonds. The topological polar surface area (TPSA) is 84.6 Å². The number of carbonyl (C=O) groups is 1. The number of phenolic OH excluding ortho intramolecular Hbond substituents is 1. The van der Waals surface area contributed by atoms with E-state index in [1.165, 1.54) is 11.1 Å². The van der Waals surface area contributed by atoms with E-state index in [4.69, 9.17) is 10.5 Å². The molecule has 4 N–H and O–H groups in total. The number of hydrogen-bond donors (Lipinski definition) is 3. The van der Waals surface area contributed by atoms with Gasteiger partial charge in [-0.1, -0.05) is 19.9 Å². The summed E-state index contributed by atoms with van der Waals surface area (Å²) in [5.74, 6) is 0.0413. The van der Waals surface area contributed by atoms with Crippen molar-refractivity contribution in [3.8, 4) is 5.75 Å². The number of ether oxygens (including phenoxy) is 1. The number of fused-ring (bicyclic) bond motifs is 1. The van der Waals surface area contributed by atoms with E-state index < -0.39 is 0 Å². The molecule has 0 saturated carbocycles. The van der Waals surface area contributed by atoms with E-state index in [2.05, 4.69) is 19.2 Å². The Morgan fingerprint density at radius 1 is 1.42 bits per heavy atom. The van der Waals surface area contributed by atoms with Gasteiger partial charge in [-0.05, 0) is 49.1 Å². The van der Waals surface area contributed by atoms with Crippen LogP contribution in [0.15, 0.2) is 18.2 Å². The third-order valence-electron chi connectivity index (χ3n) is 5.55. The Hall–Kier alpha value is -1.59. The van der Waals surface area contributed by atoms with Crippen LogP contribution in [0.4, 0.5) is 0 Å². The molecule has 0 spiro atoms. The molecule has 0 saturated heterocycles. The van der Waals surface area contributed by atoms with E-state index in [9.17, 15) is 9.90 Å². The van der Waals surface area contributed by atoms with Crippen molar-refractivity contribution >= 4 is 5.91 Å². The molecule has 2 unspecified atom stereocenters. The molecule has 0 aromatic heterocycles. The lowest BCUT2D eigenvalue weighted by Crippen LogP contribution is -2.59. The van der Waals surface area contributed by atoms with E-state index in [1.807, 2.05) is 12.1 Å². The quantitative estimate of drug-likeness (QED) is 0.637. The first kappa shape index (κ1) is 18.7. The SMILES string of the molecule is CCC1(CC)c2cc(O)ccc2CC(OC)C1NCCCC(N)=O. The lowest BCUT2D eigenvalue weighted by molar-refractivity contribution is -0.118. The fourth-order valence-electron chi connectivity index (χ4n) is 4.20. The summed E-state index contributed by atoms with van der Waals surface area (Å²) in [6.07, 6.45) is 3.90. The second-order valence-electron chi connectivity index (χ2n) is 6.68. The Morgan fingerprint density at radius 2 is 2.12 bits per heavy atom. The molecular formula is C19H30N2O3. The highest BCUT2D eigenvalue weighted by Crippen LogP contribution is 2.44. The highest BCUT2D eigenvalue weighted by atomic mass is 16.5. The second-order valence-corrected chi connectivity index (χ2v) is 6.68. The lowest BCUT2D eigenvalue weighted by atomic mass is 9.62. The first-order chi connectivity index (χ1) is 11.5. The van der Waals surface area contributed by atoms with Gasteiger partial charge in [0, 0.05) is 31.4 Å². The van der Waals surface area contributed by atoms with Crippen LogP contribution in [0.3, 0.4) is 0 Å². The van der Waals surface area contributed by atoms with Crippen LogP contribution >= 0.6 is 0 Å². The third-order valence-corrected chi connectivity index (χ3v) is 5.55. The predicted molar refractivity (Wildman–Crippen MR) is 95.1 cm³/mol. The van der Waals surface area contributed by atoms with Gasteiger partial charge in [0.25, 0.3) is 0 Å². The normalized spacial score (nSPS) is 22.1. The molecule has 1 aromatic rings. The summed E-state index contributed by atoms with van der Waals surface area (Å²) in [6.45, 7) is 5.10. The van der Waals surface area contributed by atoms with Gasteiger partial charge in [0.15, 0.2) is 0 Å². The maximum Gasteiger partial charge on any atom is 0.217 e. The molecule has 0 radical (unpaired) electrons. The molecule has 1 aliphatic carbocycles. The van der Waals surface area contributed by atoms with Crippen molar-refractivity contribution in [3.05, 3.63) is 29.3 Å². The standard InChI is InChI=1S/C19H30N2O3/c1-4-19(5-2)15-12-14(22)9-8-13(15)11-16(24-3)18(19)21-10-6-7-17(20)23/h8-9,12,16,18,21-22H,4-7,10-11H2,1-3H3,(H2,20,23). The minimum Gasteiger partial charge on any atom is -0.508 e. The van der Waals surface area contributed by atoms with Crippen molar-refractivity contribution in [2.45, 2.75) is 63.5 Å². The van der Waals surface area contributed by atoms with Gasteiger partial charge in [0.05, 0.1) is 6.10 Å². The molecule has 1 aromatic carbocycles. The van der Waals surface area contributed by atoms with Crippen LogP contribution in [0.25, 0.3) is 0 Å². The number of phenols is 1. The van der Waals surface area contributed by atoms with Gasteiger partial charge in [-0.15, -0.1) is 0 Å². The lowest BCUT2D eigenvalue weighted by Gasteiger charge is -2.49.